The summed E-state index contributed by atoms with van der Waals surface area (Å²) in [5, 5.41) is 0. The first-order valence-electron chi connectivity index (χ1n) is 5.48. The Bertz CT molecular complexity index is 347. The van der Waals surface area contributed by atoms with Crippen molar-refractivity contribution in [2.75, 3.05) is 20.8 Å². The highest BCUT2D eigenvalue weighted by atomic mass is 79.9. The first-order valence-corrected chi connectivity index (χ1v) is 6.28. The molecule has 0 radical (unpaired) electrons. The quantitative estimate of drug-likeness (QED) is 0.596. The van der Waals surface area contributed by atoms with Crippen LogP contribution in [-0.2, 0) is 11.2 Å². The molecule has 0 amide bonds. The number of rotatable bonds is 7. The molecule has 0 aliphatic carbocycles. The summed E-state index contributed by atoms with van der Waals surface area (Å²) in [7, 11) is 3.35. The van der Waals surface area contributed by atoms with Crippen LogP contribution in [0.1, 0.15) is 12.0 Å². The smallest absolute Gasteiger partial charge is 0.133 e. The van der Waals surface area contributed by atoms with Gasteiger partial charge < -0.3 is 9.47 Å². The van der Waals surface area contributed by atoms with Gasteiger partial charge >= 0.3 is 0 Å². The van der Waals surface area contributed by atoms with Gasteiger partial charge in [0.2, 0.25) is 0 Å². The van der Waals surface area contributed by atoms with Gasteiger partial charge in [-0.3, -0.25) is 11.3 Å². The third-order valence-electron chi connectivity index (χ3n) is 2.60. The second-order valence-corrected chi connectivity index (χ2v) is 4.67. The van der Waals surface area contributed by atoms with Crippen LogP contribution < -0.4 is 16.0 Å². The predicted molar refractivity (Wildman–Crippen MR) is 72.0 cm³/mol. The second kappa shape index (κ2) is 7.66. The molecule has 17 heavy (non-hydrogen) atoms. The molecule has 1 unspecified atom stereocenters. The maximum atomic E-state index is 5.51. The van der Waals surface area contributed by atoms with E-state index in [-0.39, 0.29) is 6.04 Å². The lowest BCUT2D eigenvalue weighted by Gasteiger charge is -2.16. The monoisotopic (exact) mass is 302 g/mol. The molecular weight excluding hydrogens is 284 g/mol. The summed E-state index contributed by atoms with van der Waals surface area (Å²) in [6.07, 6.45) is 1.75. The first-order chi connectivity index (χ1) is 8.21. The highest BCUT2D eigenvalue weighted by Gasteiger charge is 2.09. The van der Waals surface area contributed by atoms with Gasteiger partial charge in [-0.15, -0.1) is 0 Å². The number of halogens is 1. The van der Waals surface area contributed by atoms with Crippen molar-refractivity contribution in [1.29, 1.82) is 0 Å². The van der Waals surface area contributed by atoms with Crippen molar-refractivity contribution >= 4 is 15.9 Å². The van der Waals surface area contributed by atoms with Gasteiger partial charge in [0.05, 0.1) is 11.6 Å². The zero-order valence-electron chi connectivity index (χ0n) is 10.2. The lowest BCUT2D eigenvalue weighted by molar-refractivity contribution is 0.182. The number of hydrogen-bond donors (Lipinski definition) is 2. The number of hydrazine groups is 1. The van der Waals surface area contributed by atoms with E-state index in [0.29, 0.717) is 6.61 Å². The van der Waals surface area contributed by atoms with Gasteiger partial charge in [0.1, 0.15) is 5.75 Å². The lowest BCUT2D eigenvalue weighted by atomic mass is 10.0. The van der Waals surface area contributed by atoms with E-state index in [1.54, 1.807) is 14.2 Å². The maximum Gasteiger partial charge on any atom is 0.133 e. The van der Waals surface area contributed by atoms with Gasteiger partial charge in [-0.2, -0.15) is 0 Å². The van der Waals surface area contributed by atoms with E-state index >= 15 is 0 Å². The van der Waals surface area contributed by atoms with Crippen molar-refractivity contribution in [2.24, 2.45) is 5.84 Å². The van der Waals surface area contributed by atoms with Crippen LogP contribution >= 0.6 is 15.9 Å². The maximum absolute atomic E-state index is 5.51. The molecule has 1 rings (SSSR count). The highest BCUT2D eigenvalue weighted by molar-refractivity contribution is 9.10. The highest BCUT2D eigenvalue weighted by Crippen LogP contribution is 2.26. The molecule has 0 aliphatic rings. The van der Waals surface area contributed by atoms with E-state index in [1.165, 1.54) is 5.56 Å². The molecule has 4 nitrogen and oxygen atoms in total. The fraction of sp³-hybridized carbons (Fsp3) is 0.500. The fourth-order valence-electron chi connectivity index (χ4n) is 1.63. The van der Waals surface area contributed by atoms with Gasteiger partial charge in [-0.05, 0) is 46.5 Å². The molecular formula is C12H19BrN2O2. The second-order valence-electron chi connectivity index (χ2n) is 3.82. The number of ether oxygens (including phenoxy) is 2. The van der Waals surface area contributed by atoms with Crippen molar-refractivity contribution in [3.63, 3.8) is 0 Å². The first kappa shape index (κ1) is 14.4. The Morgan fingerprint density at radius 1 is 1.41 bits per heavy atom. The summed E-state index contributed by atoms with van der Waals surface area (Å²) < 4.78 is 11.2. The summed E-state index contributed by atoms with van der Waals surface area (Å²) in [5.41, 5.74) is 4.01. The average molecular weight is 303 g/mol. The number of nitrogens with two attached hydrogens (primary N) is 1. The van der Waals surface area contributed by atoms with E-state index in [9.17, 15) is 0 Å². The van der Waals surface area contributed by atoms with Crippen LogP contribution in [-0.4, -0.2) is 26.9 Å². The zero-order chi connectivity index (χ0) is 12.7. The van der Waals surface area contributed by atoms with E-state index in [2.05, 4.69) is 27.4 Å². The summed E-state index contributed by atoms with van der Waals surface area (Å²) in [5.74, 6) is 6.35. The minimum atomic E-state index is 0.218. The largest absolute Gasteiger partial charge is 0.496 e. The molecule has 0 aliphatic heterocycles. The van der Waals surface area contributed by atoms with E-state index in [4.69, 9.17) is 15.3 Å². The van der Waals surface area contributed by atoms with E-state index < -0.39 is 0 Å². The number of methoxy groups -OCH3 is 2. The van der Waals surface area contributed by atoms with Crippen molar-refractivity contribution in [1.82, 2.24) is 5.43 Å². The van der Waals surface area contributed by atoms with Gasteiger partial charge in [0.15, 0.2) is 0 Å². The van der Waals surface area contributed by atoms with Crippen LogP contribution in [0.25, 0.3) is 0 Å². The van der Waals surface area contributed by atoms with Crippen LogP contribution in [0, 0.1) is 0 Å². The Morgan fingerprint density at radius 3 is 2.71 bits per heavy atom. The number of nitrogens with one attached hydrogen (secondary N) is 1. The molecule has 0 spiro atoms. The topological polar surface area (TPSA) is 56.5 Å². The number of hydrogen-bond acceptors (Lipinski definition) is 4. The molecule has 1 aromatic rings. The predicted octanol–water partition coefficient (Wildman–Crippen LogP) is 1.87. The molecule has 96 valence electrons. The molecule has 0 saturated heterocycles. The van der Waals surface area contributed by atoms with Gasteiger partial charge in [-0.1, -0.05) is 6.07 Å². The molecule has 5 heteroatoms. The molecule has 1 atom stereocenters. The van der Waals surface area contributed by atoms with Crippen LogP contribution in [0.3, 0.4) is 0 Å². The molecule has 0 aromatic heterocycles. The van der Waals surface area contributed by atoms with Crippen LogP contribution in [0.2, 0.25) is 0 Å². The summed E-state index contributed by atoms with van der Waals surface area (Å²) >= 11 is 3.47. The molecule has 0 saturated carbocycles. The normalized spacial score (nSPS) is 12.5. The van der Waals surface area contributed by atoms with Crippen LogP contribution in [0.15, 0.2) is 22.7 Å². The molecule has 0 fully saturated rings. The Labute approximate surface area is 111 Å². The van der Waals surface area contributed by atoms with Crippen LogP contribution in [0.5, 0.6) is 5.75 Å². The zero-order valence-corrected chi connectivity index (χ0v) is 11.8. The summed E-state index contributed by atoms with van der Waals surface area (Å²) in [6, 6.07) is 6.26. The molecule has 3 N–H and O–H groups in total. The van der Waals surface area contributed by atoms with Crippen molar-refractivity contribution < 1.29 is 9.47 Å². The van der Waals surface area contributed by atoms with Gasteiger partial charge in [-0.25, -0.2) is 0 Å². The standard InChI is InChI=1S/C12H19BrN2O2/c1-16-6-5-10(15-14)7-9-3-4-12(17-2)11(13)8-9/h3-4,8,10,15H,5-7,14H2,1-2H3. The van der Waals surface area contributed by atoms with Gasteiger partial charge in [0.25, 0.3) is 0 Å². The molecule has 0 bridgehead atoms. The average Bonchev–Trinajstić information content (AvgIpc) is 2.34. The minimum Gasteiger partial charge on any atom is -0.496 e. The Morgan fingerprint density at radius 2 is 2.18 bits per heavy atom. The van der Waals surface area contributed by atoms with Crippen LogP contribution in [0.4, 0.5) is 0 Å². The SMILES string of the molecule is COCCC(Cc1ccc(OC)c(Br)c1)NN. The molecule has 0 heterocycles. The van der Waals surface area contributed by atoms with Crippen molar-refractivity contribution in [2.45, 2.75) is 18.9 Å². The van der Waals surface area contributed by atoms with Gasteiger partial charge in [0, 0.05) is 19.8 Å². The third-order valence-corrected chi connectivity index (χ3v) is 3.22. The van der Waals surface area contributed by atoms with E-state index in [1.807, 2.05) is 12.1 Å². The number of benzene rings is 1. The van der Waals surface area contributed by atoms with Crippen molar-refractivity contribution in [3.05, 3.63) is 28.2 Å². The third kappa shape index (κ3) is 4.63. The Hall–Kier alpha value is -0.620. The summed E-state index contributed by atoms with van der Waals surface area (Å²) in [4.78, 5) is 0. The fourth-order valence-corrected chi connectivity index (χ4v) is 2.21. The Balaban J connectivity index is 2.63. The minimum absolute atomic E-state index is 0.218. The van der Waals surface area contributed by atoms with Crippen molar-refractivity contribution in [3.8, 4) is 5.75 Å². The summed E-state index contributed by atoms with van der Waals surface area (Å²) in [6.45, 7) is 0.701. The van der Waals surface area contributed by atoms with E-state index in [0.717, 1.165) is 23.1 Å². The lowest BCUT2D eigenvalue weighted by Crippen LogP contribution is -2.37. The Kier molecular flexibility index (Phi) is 6.50. The molecule has 1 aromatic carbocycles.